The first-order valence-corrected chi connectivity index (χ1v) is 14.3. The molecule has 3 aromatic rings. The Kier molecular flexibility index (Phi) is 12.7. The van der Waals surface area contributed by atoms with Crippen molar-refractivity contribution in [2.75, 3.05) is 18.4 Å². The molecule has 0 saturated heterocycles. The third-order valence-corrected chi connectivity index (χ3v) is 6.56. The van der Waals surface area contributed by atoms with E-state index in [0.717, 1.165) is 11.1 Å². The van der Waals surface area contributed by atoms with Gasteiger partial charge in [0.05, 0.1) is 0 Å². The average molecular weight is 622 g/mol. The number of aryl methyl sites for hydroxylation is 1. The summed E-state index contributed by atoms with van der Waals surface area (Å²) in [4.78, 5) is 59.2. The Morgan fingerprint density at radius 2 is 1.47 bits per heavy atom. The second kappa shape index (κ2) is 16.9. The van der Waals surface area contributed by atoms with Crippen LogP contribution in [0.1, 0.15) is 36.8 Å². The molecule has 2 atom stereocenters. The first-order valence-electron chi connectivity index (χ1n) is 14.3. The molecule has 0 aliphatic rings. The van der Waals surface area contributed by atoms with Crippen LogP contribution in [-0.4, -0.2) is 55.0 Å². The van der Waals surface area contributed by atoms with Crippen molar-refractivity contribution >= 4 is 46.5 Å². The Balaban J connectivity index is 1.75. The van der Waals surface area contributed by atoms with Gasteiger partial charge in [-0.05, 0) is 55.9 Å². The number of rotatable bonds is 15. The molecule has 0 saturated carbocycles. The number of carbonyl (C=O) groups excluding carboxylic acids is 3. The monoisotopic (exact) mass is 621 g/mol. The van der Waals surface area contributed by atoms with Gasteiger partial charge in [0.15, 0.2) is 11.9 Å². The molecule has 0 spiro atoms. The summed E-state index contributed by atoms with van der Waals surface area (Å²) in [5.74, 6) is -1.38. The van der Waals surface area contributed by atoms with Crippen molar-refractivity contribution in [3.63, 3.8) is 0 Å². The highest BCUT2D eigenvalue weighted by molar-refractivity contribution is 5.99. The van der Waals surface area contributed by atoms with E-state index in [0.29, 0.717) is 29.5 Å². The molecule has 3 rings (SSSR count). The van der Waals surface area contributed by atoms with Gasteiger partial charge < -0.3 is 48.0 Å². The van der Waals surface area contributed by atoms with Crippen LogP contribution in [0.15, 0.2) is 73.8 Å². The van der Waals surface area contributed by atoms with Gasteiger partial charge in [0.2, 0.25) is 11.8 Å². The summed E-state index contributed by atoms with van der Waals surface area (Å²) in [5.41, 5.74) is 23.2. The van der Waals surface area contributed by atoms with Crippen LogP contribution in [0.2, 0.25) is 0 Å². The van der Waals surface area contributed by atoms with Crippen molar-refractivity contribution in [3.8, 4) is 0 Å². The van der Waals surface area contributed by atoms with Gasteiger partial charge in [-0.2, -0.15) is 0 Å². The number of hydrogen-bond acceptors (Lipinski definition) is 8. The van der Waals surface area contributed by atoms with Crippen molar-refractivity contribution in [2.45, 2.75) is 51.3 Å². The Labute approximate surface area is 259 Å². The molecule has 3 amide bonds. The van der Waals surface area contributed by atoms with Crippen LogP contribution >= 0.6 is 0 Å². The Hall–Kier alpha value is -5.60. The number of aliphatic imine (C=N–C) groups is 2. The number of ether oxygens (including phenoxy) is 1. The second-order valence-corrected chi connectivity index (χ2v) is 10.2. The van der Waals surface area contributed by atoms with Crippen LogP contribution in [0.4, 0.5) is 10.5 Å². The van der Waals surface area contributed by atoms with Crippen molar-refractivity contribution < 1.29 is 23.5 Å². The number of nitrogens with one attached hydrogen (secondary N) is 3. The van der Waals surface area contributed by atoms with Crippen LogP contribution in [0.25, 0.3) is 11.0 Å². The molecule has 0 radical (unpaired) electrons. The summed E-state index contributed by atoms with van der Waals surface area (Å²) in [6.07, 6.45) is 0.188. The van der Waals surface area contributed by atoms with E-state index in [4.69, 9.17) is 32.1 Å². The third kappa shape index (κ3) is 11.5. The Bertz CT molecular complexity index is 1580. The van der Waals surface area contributed by atoms with Crippen molar-refractivity contribution in [1.29, 1.82) is 0 Å². The van der Waals surface area contributed by atoms with Crippen molar-refractivity contribution in [3.05, 3.63) is 76.1 Å². The highest BCUT2D eigenvalue weighted by atomic mass is 16.5. The molecule has 0 unspecified atom stereocenters. The lowest BCUT2D eigenvalue weighted by Gasteiger charge is -2.23. The molecular formula is C30H39N9O6. The molecule has 0 aliphatic heterocycles. The number of carbonyl (C=O) groups is 3. The summed E-state index contributed by atoms with van der Waals surface area (Å²) in [7, 11) is 0. The highest BCUT2D eigenvalue weighted by Gasteiger charge is 2.27. The quantitative estimate of drug-likeness (QED) is 0.0546. The highest BCUT2D eigenvalue weighted by Crippen LogP contribution is 2.21. The molecule has 15 heteroatoms. The lowest BCUT2D eigenvalue weighted by atomic mass is 10.1. The van der Waals surface area contributed by atoms with Gasteiger partial charge in [-0.1, -0.05) is 30.3 Å². The normalized spacial score (nSPS) is 11.9. The number of nitrogens with zero attached hydrogens (tertiary/aromatic N) is 2. The molecule has 0 bridgehead atoms. The molecule has 0 aliphatic carbocycles. The fraction of sp³-hybridized carbons (Fsp3) is 0.333. The zero-order chi connectivity index (χ0) is 32.8. The zero-order valence-corrected chi connectivity index (χ0v) is 25.0. The minimum absolute atomic E-state index is 0.00373. The maximum atomic E-state index is 13.5. The molecule has 0 fully saturated rings. The van der Waals surface area contributed by atoms with Crippen LogP contribution in [0.3, 0.4) is 0 Å². The molecule has 240 valence electrons. The predicted octanol–water partition coefficient (Wildman–Crippen LogP) is 0.927. The van der Waals surface area contributed by atoms with Crippen molar-refractivity contribution in [1.82, 2.24) is 10.6 Å². The van der Waals surface area contributed by atoms with E-state index >= 15 is 0 Å². The van der Waals surface area contributed by atoms with E-state index < -0.39 is 35.6 Å². The number of amides is 3. The topological polar surface area (TPSA) is 256 Å². The number of alkyl carbamates (subject to hydrolysis) is 1. The van der Waals surface area contributed by atoms with Gasteiger partial charge in [-0.3, -0.25) is 19.6 Å². The van der Waals surface area contributed by atoms with Crippen LogP contribution in [0, 0.1) is 6.92 Å². The standard InChI is InChI=1S/C30H39N9O6/c1-18-15-25(40)45-24-16-20(11-12-21(18)24)37-26(41)22(9-5-13-35-28(31)32)38-27(42)23(10-6-14-36-29(33)34)39-30(43)44-17-19-7-3-2-4-8-19/h2-4,7-8,11-12,15-16,22-23H,5-6,9-10,13-14,17H2,1H3,(H,37,41)(H,38,42)(H,39,43)(H4,31,32,35)(H4,33,34,36)/t22-,23-/m1/s1. The number of guanidine groups is 2. The van der Waals surface area contributed by atoms with E-state index in [2.05, 4.69) is 25.9 Å². The maximum Gasteiger partial charge on any atom is 0.408 e. The number of fused-ring (bicyclic) bond motifs is 1. The molecule has 1 aromatic heterocycles. The molecule has 45 heavy (non-hydrogen) atoms. The largest absolute Gasteiger partial charge is 0.445 e. The zero-order valence-electron chi connectivity index (χ0n) is 25.0. The summed E-state index contributed by atoms with van der Waals surface area (Å²) >= 11 is 0. The molecule has 2 aromatic carbocycles. The summed E-state index contributed by atoms with van der Waals surface area (Å²) in [6, 6.07) is 13.2. The summed E-state index contributed by atoms with van der Waals surface area (Å²) in [5, 5.41) is 8.75. The molecule has 15 nitrogen and oxygen atoms in total. The lowest BCUT2D eigenvalue weighted by molar-refractivity contribution is -0.128. The van der Waals surface area contributed by atoms with Gasteiger partial charge in [-0.15, -0.1) is 0 Å². The molecule has 11 N–H and O–H groups in total. The maximum absolute atomic E-state index is 13.5. The van der Waals surface area contributed by atoms with E-state index in [1.807, 2.05) is 18.2 Å². The minimum Gasteiger partial charge on any atom is -0.445 e. The first-order chi connectivity index (χ1) is 21.5. The van der Waals surface area contributed by atoms with Gasteiger partial charge in [0.1, 0.15) is 24.3 Å². The number of nitrogens with two attached hydrogens (primary N) is 4. The van der Waals surface area contributed by atoms with E-state index in [9.17, 15) is 19.2 Å². The average Bonchev–Trinajstić information content (AvgIpc) is 2.99. The lowest BCUT2D eigenvalue weighted by Crippen LogP contribution is -2.52. The SMILES string of the molecule is Cc1cc(=O)oc2cc(NC(=O)[C@@H](CCCN=C(N)N)NC(=O)[C@@H](CCCN=C(N)N)NC(=O)OCc3ccccc3)ccc12. The number of benzene rings is 2. The minimum atomic E-state index is -1.08. The Morgan fingerprint density at radius 1 is 0.844 bits per heavy atom. The predicted molar refractivity (Wildman–Crippen MR) is 171 cm³/mol. The van der Waals surface area contributed by atoms with Crippen LogP contribution in [0.5, 0.6) is 0 Å². The van der Waals surface area contributed by atoms with Crippen molar-refractivity contribution in [2.24, 2.45) is 32.9 Å². The first kappa shape index (κ1) is 33.9. The summed E-state index contributed by atoms with van der Waals surface area (Å²) < 4.78 is 10.6. The van der Waals surface area contributed by atoms with E-state index in [1.54, 1.807) is 31.2 Å². The molecular weight excluding hydrogens is 582 g/mol. The van der Waals surface area contributed by atoms with Crippen LogP contribution in [-0.2, 0) is 20.9 Å². The summed E-state index contributed by atoms with van der Waals surface area (Å²) in [6.45, 7) is 2.20. The van der Waals surface area contributed by atoms with Gasteiger partial charge in [0.25, 0.3) is 0 Å². The smallest absolute Gasteiger partial charge is 0.408 e. The number of anilines is 1. The number of hydrogen-bond donors (Lipinski definition) is 7. The van der Waals surface area contributed by atoms with Gasteiger partial charge in [0, 0.05) is 36.3 Å². The second-order valence-electron chi connectivity index (χ2n) is 10.2. The van der Waals surface area contributed by atoms with Gasteiger partial charge in [-0.25, -0.2) is 9.59 Å². The van der Waals surface area contributed by atoms with Crippen LogP contribution < -0.4 is 44.5 Å². The van der Waals surface area contributed by atoms with Gasteiger partial charge >= 0.3 is 11.7 Å². The fourth-order valence-corrected chi connectivity index (χ4v) is 4.36. The van der Waals surface area contributed by atoms with E-state index in [-0.39, 0.29) is 44.5 Å². The molecule has 1 heterocycles. The van der Waals surface area contributed by atoms with E-state index in [1.165, 1.54) is 12.1 Å². The fourth-order valence-electron chi connectivity index (χ4n) is 4.36. The third-order valence-electron chi connectivity index (χ3n) is 6.56. The Morgan fingerprint density at radius 3 is 2.09 bits per heavy atom.